The zero-order valence-corrected chi connectivity index (χ0v) is 13.4. The zero-order chi connectivity index (χ0) is 13.5. The highest BCUT2D eigenvalue weighted by Gasteiger charge is 2.31. The number of anilines is 1. The molecule has 0 aromatic carbocycles. The highest BCUT2D eigenvalue weighted by molar-refractivity contribution is 14.1. The van der Waals surface area contributed by atoms with Crippen LogP contribution in [0, 0.1) is 3.57 Å². The monoisotopic (exact) mass is 380 g/mol. The standard InChI is InChI=1S/C12H14ClIN2O2/c1-12(2,3)18-11(17)16-5-4-7-8(14)6-9(13)15-10(7)16/h6H,4-5H2,1-3H3. The highest BCUT2D eigenvalue weighted by Crippen LogP contribution is 2.32. The van der Waals surface area contributed by atoms with Crippen molar-refractivity contribution in [3.63, 3.8) is 0 Å². The summed E-state index contributed by atoms with van der Waals surface area (Å²) in [5.74, 6) is 0.626. The van der Waals surface area contributed by atoms with Gasteiger partial charge in [0.05, 0.1) is 0 Å². The van der Waals surface area contributed by atoms with E-state index in [0.29, 0.717) is 17.5 Å². The van der Waals surface area contributed by atoms with Gasteiger partial charge in [-0.3, -0.25) is 4.90 Å². The molecule has 1 aliphatic rings. The van der Waals surface area contributed by atoms with Crippen molar-refractivity contribution in [2.75, 3.05) is 11.4 Å². The van der Waals surface area contributed by atoms with Crippen LogP contribution in [0.5, 0.6) is 0 Å². The van der Waals surface area contributed by atoms with Crippen molar-refractivity contribution in [3.05, 3.63) is 20.4 Å². The van der Waals surface area contributed by atoms with Gasteiger partial charge in [0.2, 0.25) is 0 Å². The van der Waals surface area contributed by atoms with E-state index in [9.17, 15) is 4.79 Å². The van der Waals surface area contributed by atoms with Gasteiger partial charge in [-0.2, -0.15) is 0 Å². The van der Waals surface area contributed by atoms with E-state index in [1.807, 2.05) is 20.8 Å². The predicted molar refractivity (Wildman–Crippen MR) is 79.2 cm³/mol. The van der Waals surface area contributed by atoms with E-state index in [0.717, 1.165) is 15.6 Å². The lowest BCUT2D eigenvalue weighted by molar-refractivity contribution is 0.0583. The van der Waals surface area contributed by atoms with E-state index in [1.165, 1.54) is 0 Å². The highest BCUT2D eigenvalue weighted by atomic mass is 127. The van der Waals surface area contributed by atoms with Crippen molar-refractivity contribution >= 4 is 46.1 Å². The number of rotatable bonds is 0. The lowest BCUT2D eigenvalue weighted by Gasteiger charge is -2.24. The molecule has 6 heteroatoms. The fourth-order valence-corrected chi connectivity index (χ4v) is 2.96. The summed E-state index contributed by atoms with van der Waals surface area (Å²) in [6.07, 6.45) is 0.420. The molecule has 0 N–H and O–H groups in total. The first-order valence-corrected chi connectivity index (χ1v) is 7.09. The average molecular weight is 381 g/mol. The Morgan fingerprint density at radius 2 is 2.22 bits per heavy atom. The summed E-state index contributed by atoms with van der Waals surface area (Å²) in [4.78, 5) is 17.8. The number of aromatic nitrogens is 1. The molecule has 0 fully saturated rings. The molecule has 0 saturated carbocycles. The Labute approximate surface area is 125 Å². The third-order valence-electron chi connectivity index (χ3n) is 2.47. The van der Waals surface area contributed by atoms with Gasteiger partial charge < -0.3 is 4.74 Å². The maximum absolute atomic E-state index is 12.1. The van der Waals surface area contributed by atoms with E-state index < -0.39 is 5.60 Å². The molecular formula is C12H14ClIN2O2. The molecule has 0 saturated heterocycles. The minimum absolute atomic E-state index is 0.369. The molecule has 0 aliphatic carbocycles. The quantitative estimate of drug-likeness (QED) is 0.510. The smallest absolute Gasteiger partial charge is 0.416 e. The Bertz CT molecular complexity index is 500. The van der Waals surface area contributed by atoms with E-state index in [2.05, 4.69) is 27.6 Å². The summed E-state index contributed by atoms with van der Waals surface area (Å²) in [7, 11) is 0. The largest absolute Gasteiger partial charge is 0.443 e. The van der Waals surface area contributed by atoms with Crippen LogP contribution in [0.3, 0.4) is 0 Å². The number of carbonyl (C=O) groups excluding carboxylic acids is 1. The maximum atomic E-state index is 12.1. The molecule has 2 rings (SSSR count). The summed E-state index contributed by atoms with van der Waals surface area (Å²) in [6.45, 7) is 6.12. The normalized spacial score (nSPS) is 14.6. The molecular weight excluding hydrogens is 367 g/mol. The molecule has 0 atom stereocenters. The van der Waals surface area contributed by atoms with E-state index >= 15 is 0 Å². The van der Waals surface area contributed by atoms with Crippen molar-refractivity contribution in [2.45, 2.75) is 32.8 Å². The number of nitrogens with zero attached hydrogens (tertiary/aromatic N) is 2. The molecule has 1 aliphatic heterocycles. The van der Waals surface area contributed by atoms with Crippen LogP contribution in [0.25, 0.3) is 0 Å². The van der Waals surface area contributed by atoms with Crippen LogP contribution in [0.4, 0.5) is 10.6 Å². The van der Waals surface area contributed by atoms with E-state index in [1.54, 1.807) is 11.0 Å². The van der Waals surface area contributed by atoms with Crippen LogP contribution < -0.4 is 4.90 Å². The van der Waals surface area contributed by atoms with Gasteiger partial charge in [0.15, 0.2) is 0 Å². The molecule has 0 radical (unpaired) electrons. The summed E-state index contributed by atoms with van der Waals surface area (Å²) in [6, 6.07) is 1.81. The third-order valence-corrected chi connectivity index (χ3v) is 3.63. The lowest BCUT2D eigenvalue weighted by Crippen LogP contribution is -2.36. The number of fused-ring (bicyclic) bond motifs is 1. The Kier molecular flexibility index (Phi) is 3.73. The Balaban J connectivity index is 2.29. The number of ether oxygens (including phenoxy) is 1. The Morgan fingerprint density at radius 1 is 1.56 bits per heavy atom. The molecule has 0 bridgehead atoms. The first-order valence-electron chi connectivity index (χ1n) is 5.63. The van der Waals surface area contributed by atoms with Crippen molar-refractivity contribution in [1.82, 2.24) is 4.98 Å². The molecule has 2 heterocycles. The molecule has 0 unspecified atom stereocenters. The minimum atomic E-state index is -0.508. The maximum Gasteiger partial charge on any atom is 0.416 e. The average Bonchev–Trinajstić information content (AvgIpc) is 2.58. The first-order chi connectivity index (χ1) is 8.28. The topological polar surface area (TPSA) is 42.4 Å². The molecule has 4 nitrogen and oxygen atoms in total. The first kappa shape index (κ1) is 13.9. The number of carbonyl (C=O) groups is 1. The van der Waals surface area contributed by atoms with Crippen LogP contribution >= 0.6 is 34.2 Å². The second-order valence-electron chi connectivity index (χ2n) is 5.11. The van der Waals surface area contributed by atoms with Gasteiger partial charge in [-0.25, -0.2) is 9.78 Å². The number of amides is 1. The van der Waals surface area contributed by atoms with Gasteiger partial charge >= 0.3 is 6.09 Å². The van der Waals surface area contributed by atoms with Crippen molar-refractivity contribution < 1.29 is 9.53 Å². The second-order valence-corrected chi connectivity index (χ2v) is 6.66. The van der Waals surface area contributed by atoms with Crippen molar-refractivity contribution in [2.24, 2.45) is 0 Å². The van der Waals surface area contributed by atoms with Gasteiger partial charge in [-0.05, 0) is 55.8 Å². The molecule has 1 aromatic rings. The molecule has 1 amide bonds. The van der Waals surface area contributed by atoms with Crippen molar-refractivity contribution in [3.8, 4) is 0 Å². The summed E-state index contributed by atoms with van der Waals surface area (Å²) >= 11 is 8.15. The van der Waals surface area contributed by atoms with Gasteiger partial charge in [0.1, 0.15) is 16.6 Å². The molecule has 1 aromatic heterocycles. The van der Waals surface area contributed by atoms with Crippen LogP contribution in [0.2, 0.25) is 5.15 Å². The summed E-state index contributed by atoms with van der Waals surface area (Å²) < 4.78 is 6.40. The summed E-state index contributed by atoms with van der Waals surface area (Å²) in [5, 5.41) is 0.397. The van der Waals surface area contributed by atoms with Gasteiger partial charge in [-0.1, -0.05) is 11.6 Å². The van der Waals surface area contributed by atoms with Crippen LogP contribution in [0.1, 0.15) is 26.3 Å². The fraction of sp³-hybridized carbons (Fsp3) is 0.500. The number of hydrogen-bond acceptors (Lipinski definition) is 3. The van der Waals surface area contributed by atoms with Crippen LogP contribution in [-0.4, -0.2) is 23.2 Å². The number of halogens is 2. The molecule has 0 spiro atoms. The van der Waals surface area contributed by atoms with Gasteiger partial charge in [-0.15, -0.1) is 0 Å². The van der Waals surface area contributed by atoms with Gasteiger partial charge in [0.25, 0.3) is 0 Å². The predicted octanol–water partition coefficient (Wildman–Crippen LogP) is 3.64. The summed E-state index contributed by atoms with van der Waals surface area (Å²) in [5.41, 5.74) is 0.553. The fourth-order valence-electron chi connectivity index (χ4n) is 1.78. The second kappa shape index (κ2) is 4.85. The number of pyridine rings is 1. The van der Waals surface area contributed by atoms with Gasteiger partial charge in [0, 0.05) is 15.7 Å². The SMILES string of the molecule is CC(C)(C)OC(=O)N1CCc2c(I)cc(Cl)nc21. The molecule has 18 heavy (non-hydrogen) atoms. The van der Waals surface area contributed by atoms with E-state index in [4.69, 9.17) is 16.3 Å². The number of hydrogen-bond donors (Lipinski definition) is 0. The van der Waals surface area contributed by atoms with Crippen LogP contribution in [-0.2, 0) is 11.2 Å². The Hall–Kier alpha value is -0.560. The van der Waals surface area contributed by atoms with Crippen molar-refractivity contribution in [1.29, 1.82) is 0 Å². The van der Waals surface area contributed by atoms with E-state index in [-0.39, 0.29) is 6.09 Å². The molecule has 98 valence electrons. The lowest BCUT2D eigenvalue weighted by atomic mass is 10.2. The zero-order valence-electron chi connectivity index (χ0n) is 10.5. The third kappa shape index (κ3) is 2.88. The van der Waals surface area contributed by atoms with Crippen LogP contribution in [0.15, 0.2) is 6.07 Å². The minimum Gasteiger partial charge on any atom is -0.443 e. The Morgan fingerprint density at radius 3 is 2.83 bits per heavy atom.